The van der Waals surface area contributed by atoms with Crippen LogP contribution in [0.5, 0.6) is 0 Å². The first-order valence-electron chi connectivity index (χ1n) is 3.96. The maximum absolute atomic E-state index is 3.00. The van der Waals surface area contributed by atoms with Gasteiger partial charge in [0.25, 0.3) is 0 Å². The molecular formula is C11H10N. The molecule has 1 heteroatoms. The number of aryl methyl sites for hydroxylation is 1. The predicted octanol–water partition coefficient (Wildman–Crippen LogP) is 2.49. The second-order valence-corrected chi connectivity index (χ2v) is 2.79. The fourth-order valence-electron chi connectivity index (χ4n) is 1.32. The Bertz CT molecular complexity index is 360. The van der Waals surface area contributed by atoms with Crippen LogP contribution < -0.4 is 0 Å². The SMILES string of the molecule is Cn1cccc1-c1cc[c]cc1. The molecule has 0 saturated heterocycles. The van der Waals surface area contributed by atoms with E-state index in [1.165, 1.54) is 11.3 Å². The normalized spacial score (nSPS) is 10.1. The van der Waals surface area contributed by atoms with Crippen LogP contribution in [0.1, 0.15) is 0 Å². The first kappa shape index (κ1) is 7.17. The molecule has 0 aliphatic heterocycles. The third-order valence-corrected chi connectivity index (χ3v) is 1.96. The molecule has 0 fully saturated rings. The van der Waals surface area contributed by atoms with Gasteiger partial charge in [0.05, 0.1) is 0 Å². The summed E-state index contributed by atoms with van der Waals surface area (Å²) in [6.45, 7) is 0. The second-order valence-electron chi connectivity index (χ2n) is 2.79. The number of hydrogen-bond acceptors (Lipinski definition) is 0. The smallest absolute Gasteiger partial charge is 0.0477 e. The maximum atomic E-state index is 3.00. The summed E-state index contributed by atoms with van der Waals surface area (Å²) in [4.78, 5) is 0. The zero-order valence-electron chi connectivity index (χ0n) is 6.99. The van der Waals surface area contributed by atoms with Gasteiger partial charge in [0.2, 0.25) is 0 Å². The summed E-state index contributed by atoms with van der Waals surface area (Å²) >= 11 is 0. The zero-order valence-corrected chi connectivity index (χ0v) is 6.99. The number of aromatic nitrogens is 1. The average Bonchev–Trinajstić information content (AvgIpc) is 2.53. The van der Waals surface area contributed by atoms with E-state index < -0.39 is 0 Å². The van der Waals surface area contributed by atoms with Gasteiger partial charge >= 0.3 is 0 Å². The number of rotatable bonds is 1. The van der Waals surface area contributed by atoms with Gasteiger partial charge in [-0.2, -0.15) is 0 Å². The van der Waals surface area contributed by atoms with Crippen LogP contribution in [0.25, 0.3) is 11.3 Å². The molecule has 1 aromatic carbocycles. The summed E-state index contributed by atoms with van der Waals surface area (Å²) in [5, 5.41) is 0. The maximum Gasteiger partial charge on any atom is 0.0477 e. The van der Waals surface area contributed by atoms with Gasteiger partial charge in [-0.05, 0) is 23.8 Å². The Kier molecular flexibility index (Phi) is 1.71. The summed E-state index contributed by atoms with van der Waals surface area (Å²) in [6, 6.07) is 15.2. The molecular weight excluding hydrogens is 146 g/mol. The van der Waals surface area contributed by atoms with Gasteiger partial charge in [-0.15, -0.1) is 0 Å². The minimum absolute atomic E-state index is 1.24. The lowest BCUT2D eigenvalue weighted by Gasteiger charge is -2.01. The molecule has 2 aromatic rings. The average molecular weight is 156 g/mol. The quantitative estimate of drug-likeness (QED) is 0.597. The van der Waals surface area contributed by atoms with Crippen LogP contribution in [0.15, 0.2) is 42.6 Å². The molecule has 1 aromatic heterocycles. The Morgan fingerprint density at radius 3 is 2.50 bits per heavy atom. The van der Waals surface area contributed by atoms with E-state index in [2.05, 4.69) is 28.8 Å². The van der Waals surface area contributed by atoms with Gasteiger partial charge < -0.3 is 4.57 Å². The fourth-order valence-corrected chi connectivity index (χ4v) is 1.32. The topological polar surface area (TPSA) is 4.93 Å². The Hall–Kier alpha value is -1.50. The van der Waals surface area contributed by atoms with Crippen LogP contribution in [0.3, 0.4) is 0 Å². The molecule has 0 saturated carbocycles. The van der Waals surface area contributed by atoms with Gasteiger partial charge in [-0.1, -0.05) is 24.3 Å². The molecule has 12 heavy (non-hydrogen) atoms. The van der Waals surface area contributed by atoms with Gasteiger partial charge in [0.15, 0.2) is 0 Å². The zero-order chi connectivity index (χ0) is 8.39. The Balaban J connectivity index is 2.51. The lowest BCUT2D eigenvalue weighted by molar-refractivity contribution is 0.937. The Morgan fingerprint density at radius 1 is 1.17 bits per heavy atom. The number of nitrogens with zero attached hydrogens (tertiary/aromatic N) is 1. The van der Waals surface area contributed by atoms with Crippen LogP contribution in [0.4, 0.5) is 0 Å². The third kappa shape index (κ3) is 1.14. The van der Waals surface area contributed by atoms with Crippen molar-refractivity contribution in [2.24, 2.45) is 7.05 Å². The molecule has 1 nitrogen and oxygen atoms in total. The van der Waals surface area contributed by atoms with Crippen molar-refractivity contribution in [3.05, 3.63) is 48.7 Å². The molecule has 0 N–H and O–H groups in total. The minimum atomic E-state index is 1.24. The molecule has 0 atom stereocenters. The number of hydrogen-bond donors (Lipinski definition) is 0. The van der Waals surface area contributed by atoms with Gasteiger partial charge in [-0.3, -0.25) is 0 Å². The van der Waals surface area contributed by atoms with Crippen LogP contribution in [-0.2, 0) is 7.05 Å². The molecule has 0 unspecified atom stereocenters. The van der Waals surface area contributed by atoms with Gasteiger partial charge in [0.1, 0.15) is 0 Å². The van der Waals surface area contributed by atoms with Crippen molar-refractivity contribution in [1.29, 1.82) is 0 Å². The molecule has 0 spiro atoms. The molecule has 59 valence electrons. The van der Waals surface area contributed by atoms with E-state index in [0.29, 0.717) is 0 Å². The first-order chi connectivity index (χ1) is 5.88. The van der Waals surface area contributed by atoms with E-state index >= 15 is 0 Å². The van der Waals surface area contributed by atoms with Crippen LogP contribution in [0.2, 0.25) is 0 Å². The first-order valence-corrected chi connectivity index (χ1v) is 3.96. The van der Waals surface area contributed by atoms with Crippen molar-refractivity contribution < 1.29 is 0 Å². The molecule has 0 amide bonds. The van der Waals surface area contributed by atoms with E-state index in [1.54, 1.807) is 0 Å². The molecule has 0 aliphatic rings. The fraction of sp³-hybridized carbons (Fsp3) is 0.0909. The predicted molar refractivity (Wildman–Crippen MR) is 49.7 cm³/mol. The monoisotopic (exact) mass is 156 g/mol. The van der Waals surface area contributed by atoms with Gasteiger partial charge in [-0.25, -0.2) is 0 Å². The van der Waals surface area contributed by atoms with E-state index in [0.717, 1.165) is 0 Å². The van der Waals surface area contributed by atoms with Crippen molar-refractivity contribution in [2.75, 3.05) is 0 Å². The highest BCUT2D eigenvalue weighted by Gasteiger charge is 1.97. The lowest BCUT2D eigenvalue weighted by Crippen LogP contribution is -1.87. The second kappa shape index (κ2) is 2.86. The van der Waals surface area contributed by atoms with E-state index in [4.69, 9.17) is 0 Å². The molecule has 1 heterocycles. The van der Waals surface area contributed by atoms with Crippen LogP contribution >= 0.6 is 0 Å². The van der Waals surface area contributed by atoms with E-state index in [9.17, 15) is 0 Å². The van der Waals surface area contributed by atoms with Crippen molar-refractivity contribution in [3.63, 3.8) is 0 Å². The largest absolute Gasteiger partial charge is 0.351 e. The standard InChI is InChI=1S/C11H10N/c1-12-9-5-8-11(12)10-6-3-2-4-7-10/h3-9H,1H3. The molecule has 0 bridgehead atoms. The summed E-state index contributed by atoms with van der Waals surface area (Å²) in [7, 11) is 2.05. The van der Waals surface area contributed by atoms with Gasteiger partial charge in [0, 0.05) is 18.9 Å². The van der Waals surface area contributed by atoms with Crippen molar-refractivity contribution in [1.82, 2.24) is 4.57 Å². The highest BCUT2D eigenvalue weighted by atomic mass is 14.9. The highest BCUT2D eigenvalue weighted by Crippen LogP contribution is 2.17. The minimum Gasteiger partial charge on any atom is -0.351 e. The van der Waals surface area contributed by atoms with Crippen LogP contribution in [-0.4, -0.2) is 4.57 Å². The summed E-state index contributed by atoms with van der Waals surface area (Å²) < 4.78 is 2.11. The van der Waals surface area contributed by atoms with E-state index in [1.807, 2.05) is 31.4 Å². The Labute approximate surface area is 72.3 Å². The van der Waals surface area contributed by atoms with Crippen LogP contribution in [0, 0.1) is 6.07 Å². The van der Waals surface area contributed by atoms with Crippen molar-refractivity contribution in [3.8, 4) is 11.3 Å². The summed E-state index contributed by atoms with van der Waals surface area (Å²) in [5.74, 6) is 0. The highest BCUT2D eigenvalue weighted by molar-refractivity contribution is 5.59. The van der Waals surface area contributed by atoms with E-state index in [-0.39, 0.29) is 0 Å². The number of benzene rings is 1. The van der Waals surface area contributed by atoms with Crippen molar-refractivity contribution >= 4 is 0 Å². The summed E-state index contributed by atoms with van der Waals surface area (Å²) in [6.07, 6.45) is 2.05. The molecule has 2 rings (SSSR count). The summed E-state index contributed by atoms with van der Waals surface area (Å²) in [5.41, 5.74) is 2.48. The van der Waals surface area contributed by atoms with Crippen molar-refractivity contribution in [2.45, 2.75) is 0 Å². The molecule has 0 aliphatic carbocycles. The Morgan fingerprint density at radius 2 is 1.92 bits per heavy atom. The third-order valence-electron chi connectivity index (χ3n) is 1.96. The lowest BCUT2D eigenvalue weighted by atomic mass is 10.2. The molecule has 1 radical (unpaired) electrons.